The normalized spacial score (nSPS) is 14.8. The Bertz CT molecular complexity index is 180. The van der Waals surface area contributed by atoms with Gasteiger partial charge in [-0.3, -0.25) is 4.79 Å². The van der Waals surface area contributed by atoms with E-state index in [1.54, 1.807) is 0 Å². The van der Waals surface area contributed by atoms with E-state index >= 15 is 0 Å². The summed E-state index contributed by atoms with van der Waals surface area (Å²) in [6.45, 7) is 3.63. The van der Waals surface area contributed by atoms with Crippen LogP contribution in [0, 0.1) is 0 Å². The standard InChI is InChI=1S/C13H26O3/c1-3-4-5-7-12(15)8-6-9-13(16)10-11(2)14/h12-13,15-16H,3-10H2,1-2H3. The van der Waals surface area contributed by atoms with Crippen molar-refractivity contribution in [2.45, 2.75) is 77.4 Å². The van der Waals surface area contributed by atoms with Gasteiger partial charge in [-0.15, -0.1) is 0 Å². The third-order valence-electron chi connectivity index (χ3n) is 2.74. The monoisotopic (exact) mass is 230 g/mol. The molecule has 2 N–H and O–H groups in total. The Labute approximate surface area is 98.9 Å². The molecule has 0 heterocycles. The average molecular weight is 230 g/mol. The molecule has 3 nitrogen and oxygen atoms in total. The highest BCUT2D eigenvalue weighted by atomic mass is 16.3. The molecule has 96 valence electrons. The Balaban J connectivity index is 3.38. The molecule has 0 saturated heterocycles. The van der Waals surface area contributed by atoms with Gasteiger partial charge in [-0.1, -0.05) is 26.2 Å². The summed E-state index contributed by atoms with van der Waals surface area (Å²) >= 11 is 0. The van der Waals surface area contributed by atoms with Crippen molar-refractivity contribution in [1.82, 2.24) is 0 Å². The highest BCUT2D eigenvalue weighted by Crippen LogP contribution is 2.12. The molecule has 0 aliphatic carbocycles. The maximum Gasteiger partial charge on any atom is 0.132 e. The number of Topliss-reactive ketones (excluding diaryl/α,β-unsaturated/α-hetero) is 1. The van der Waals surface area contributed by atoms with Crippen LogP contribution >= 0.6 is 0 Å². The number of hydrogen-bond acceptors (Lipinski definition) is 3. The Morgan fingerprint density at radius 3 is 2.12 bits per heavy atom. The number of aliphatic hydroxyl groups excluding tert-OH is 2. The van der Waals surface area contributed by atoms with Gasteiger partial charge in [0.05, 0.1) is 12.2 Å². The molecule has 0 amide bonds. The molecule has 2 atom stereocenters. The lowest BCUT2D eigenvalue weighted by Gasteiger charge is -2.12. The van der Waals surface area contributed by atoms with Gasteiger partial charge in [0.1, 0.15) is 5.78 Å². The molecule has 0 aromatic heterocycles. The zero-order chi connectivity index (χ0) is 12.4. The summed E-state index contributed by atoms with van der Waals surface area (Å²) in [6.07, 6.45) is 5.89. The summed E-state index contributed by atoms with van der Waals surface area (Å²) in [5.74, 6) is 0.0241. The van der Waals surface area contributed by atoms with Gasteiger partial charge < -0.3 is 10.2 Å². The largest absolute Gasteiger partial charge is 0.393 e. The second-order valence-electron chi connectivity index (χ2n) is 4.64. The van der Waals surface area contributed by atoms with Crippen molar-refractivity contribution in [2.24, 2.45) is 0 Å². The second kappa shape index (κ2) is 9.79. The highest BCUT2D eigenvalue weighted by Gasteiger charge is 2.09. The van der Waals surface area contributed by atoms with Crippen molar-refractivity contribution in [2.75, 3.05) is 0 Å². The van der Waals surface area contributed by atoms with Crippen molar-refractivity contribution >= 4 is 5.78 Å². The van der Waals surface area contributed by atoms with Crippen LogP contribution in [0.2, 0.25) is 0 Å². The highest BCUT2D eigenvalue weighted by molar-refractivity contribution is 5.75. The van der Waals surface area contributed by atoms with Gasteiger partial charge in [0.25, 0.3) is 0 Å². The van der Waals surface area contributed by atoms with Gasteiger partial charge in [0.15, 0.2) is 0 Å². The van der Waals surface area contributed by atoms with Crippen LogP contribution in [0.4, 0.5) is 0 Å². The van der Waals surface area contributed by atoms with Crippen LogP contribution in [0.25, 0.3) is 0 Å². The summed E-state index contributed by atoms with van der Waals surface area (Å²) in [7, 11) is 0. The number of carbonyl (C=O) groups excluding carboxylic acids is 1. The third-order valence-corrected chi connectivity index (χ3v) is 2.74. The van der Waals surface area contributed by atoms with Gasteiger partial charge in [0.2, 0.25) is 0 Å². The molecule has 0 aliphatic rings. The van der Waals surface area contributed by atoms with Crippen LogP contribution in [-0.4, -0.2) is 28.2 Å². The van der Waals surface area contributed by atoms with Crippen LogP contribution in [-0.2, 0) is 4.79 Å². The van der Waals surface area contributed by atoms with Crippen LogP contribution in [0.5, 0.6) is 0 Å². The molecule has 0 aromatic rings. The van der Waals surface area contributed by atoms with Crippen molar-refractivity contribution in [1.29, 1.82) is 0 Å². The number of ketones is 1. The number of aliphatic hydroxyl groups is 2. The Kier molecular flexibility index (Phi) is 9.54. The van der Waals surface area contributed by atoms with Gasteiger partial charge in [0, 0.05) is 6.42 Å². The summed E-state index contributed by atoms with van der Waals surface area (Å²) < 4.78 is 0. The average Bonchev–Trinajstić information content (AvgIpc) is 2.17. The van der Waals surface area contributed by atoms with E-state index in [0.29, 0.717) is 6.42 Å². The van der Waals surface area contributed by atoms with Crippen LogP contribution in [0.3, 0.4) is 0 Å². The fourth-order valence-corrected chi connectivity index (χ4v) is 1.80. The summed E-state index contributed by atoms with van der Waals surface area (Å²) in [4.78, 5) is 10.7. The zero-order valence-corrected chi connectivity index (χ0v) is 10.6. The van der Waals surface area contributed by atoms with Crippen molar-refractivity contribution in [3.8, 4) is 0 Å². The van der Waals surface area contributed by atoms with Crippen molar-refractivity contribution < 1.29 is 15.0 Å². The number of carbonyl (C=O) groups is 1. The van der Waals surface area contributed by atoms with Gasteiger partial charge in [-0.05, 0) is 32.6 Å². The van der Waals surface area contributed by atoms with E-state index in [9.17, 15) is 15.0 Å². The van der Waals surface area contributed by atoms with E-state index in [1.807, 2.05) is 0 Å². The van der Waals surface area contributed by atoms with Crippen LogP contribution in [0.15, 0.2) is 0 Å². The van der Waals surface area contributed by atoms with Crippen molar-refractivity contribution in [3.63, 3.8) is 0 Å². The molecule has 0 saturated carbocycles. The summed E-state index contributed by atoms with van der Waals surface area (Å²) in [5.41, 5.74) is 0. The Morgan fingerprint density at radius 2 is 1.56 bits per heavy atom. The predicted molar refractivity (Wildman–Crippen MR) is 65.3 cm³/mol. The first-order valence-electron chi connectivity index (χ1n) is 6.41. The first-order valence-corrected chi connectivity index (χ1v) is 6.41. The molecule has 16 heavy (non-hydrogen) atoms. The van der Waals surface area contributed by atoms with Gasteiger partial charge in [-0.25, -0.2) is 0 Å². The smallest absolute Gasteiger partial charge is 0.132 e. The number of hydrogen-bond donors (Lipinski definition) is 2. The van der Waals surface area contributed by atoms with Crippen LogP contribution < -0.4 is 0 Å². The minimum Gasteiger partial charge on any atom is -0.393 e. The second-order valence-corrected chi connectivity index (χ2v) is 4.64. The molecule has 0 rings (SSSR count). The molecule has 3 heteroatoms. The lowest BCUT2D eigenvalue weighted by Crippen LogP contribution is -2.13. The van der Waals surface area contributed by atoms with Gasteiger partial charge in [-0.2, -0.15) is 0 Å². The molecule has 0 radical (unpaired) electrons. The fraction of sp³-hybridized carbons (Fsp3) is 0.923. The van der Waals surface area contributed by atoms with Crippen LogP contribution in [0.1, 0.15) is 65.2 Å². The summed E-state index contributed by atoms with van der Waals surface area (Å²) in [5, 5.41) is 19.1. The number of unbranched alkanes of at least 4 members (excludes halogenated alkanes) is 2. The Hall–Kier alpha value is -0.410. The lowest BCUT2D eigenvalue weighted by molar-refractivity contribution is -0.118. The molecule has 0 spiro atoms. The molecule has 0 fully saturated rings. The number of rotatable bonds is 10. The van der Waals surface area contributed by atoms with E-state index in [4.69, 9.17) is 0 Å². The molecular formula is C13H26O3. The van der Waals surface area contributed by atoms with Crippen molar-refractivity contribution in [3.05, 3.63) is 0 Å². The molecule has 0 bridgehead atoms. The van der Waals surface area contributed by atoms with E-state index in [1.165, 1.54) is 19.8 Å². The van der Waals surface area contributed by atoms with E-state index in [2.05, 4.69) is 6.92 Å². The first-order chi connectivity index (χ1) is 7.56. The third kappa shape index (κ3) is 10.1. The SMILES string of the molecule is CCCCCC(O)CCCC(O)CC(C)=O. The lowest BCUT2D eigenvalue weighted by atomic mass is 10.0. The molecule has 0 aromatic carbocycles. The minimum absolute atomic E-state index is 0.0241. The Morgan fingerprint density at radius 1 is 1.00 bits per heavy atom. The van der Waals surface area contributed by atoms with E-state index in [0.717, 1.165) is 25.7 Å². The maximum atomic E-state index is 10.7. The predicted octanol–water partition coefficient (Wildman–Crippen LogP) is 2.44. The zero-order valence-electron chi connectivity index (χ0n) is 10.6. The summed E-state index contributed by atoms with van der Waals surface area (Å²) in [6, 6.07) is 0. The molecule has 0 aliphatic heterocycles. The minimum atomic E-state index is -0.527. The van der Waals surface area contributed by atoms with Gasteiger partial charge >= 0.3 is 0 Å². The topological polar surface area (TPSA) is 57.5 Å². The molecule has 2 unspecified atom stereocenters. The quantitative estimate of drug-likeness (QED) is 0.567. The van der Waals surface area contributed by atoms with E-state index in [-0.39, 0.29) is 18.3 Å². The first kappa shape index (κ1) is 15.6. The van der Waals surface area contributed by atoms with E-state index < -0.39 is 6.10 Å². The maximum absolute atomic E-state index is 10.7. The fourth-order valence-electron chi connectivity index (χ4n) is 1.80. The molecular weight excluding hydrogens is 204 g/mol.